The minimum absolute atomic E-state index is 0.0442. The molecule has 0 fully saturated rings. The standard InChI is InChI=1S/C17H36N2O2S3/c1-8-24(7)12-19-15(21)17(5,6)10-9-13(23-22)11-18-14(20)16(2,3)4/h13,22,24H,8-12H2,1-7H3,(H,18,20)(H,19,21)/t13-/m1/s1. The average Bonchev–Trinajstić information content (AvgIpc) is 2.50. The minimum atomic E-state index is -0.403. The summed E-state index contributed by atoms with van der Waals surface area (Å²) in [6.07, 6.45) is 3.82. The maximum atomic E-state index is 12.4. The number of carbonyl (C=O) groups is 2. The van der Waals surface area contributed by atoms with E-state index < -0.39 is 5.41 Å². The van der Waals surface area contributed by atoms with Gasteiger partial charge in [0.05, 0.1) is 0 Å². The summed E-state index contributed by atoms with van der Waals surface area (Å²) in [6.45, 7) is 12.4. The van der Waals surface area contributed by atoms with Gasteiger partial charge in [0.1, 0.15) is 0 Å². The number of hydrogen-bond acceptors (Lipinski definition) is 4. The van der Waals surface area contributed by atoms with Gasteiger partial charge < -0.3 is 10.6 Å². The lowest BCUT2D eigenvalue weighted by molar-refractivity contribution is -0.130. The Morgan fingerprint density at radius 1 is 1.12 bits per heavy atom. The molecule has 0 aliphatic carbocycles. The molecule has 1 unspecified atom stereocenters. The number of rotatable bonds is 10. The van der Waals surface area contributed by atoms with E-state index in [2.05, 4.69) is 35.5 Å². The van der Waals surface area contributed by atoms with Crippen molar-refractivity contribution in [2.24, 2.45) is 10.8 Å². The van der Waals surface area contributed by atoms with E-state index in [-0.39, 0.29) is 33.4 Å². The van der Waals surface area contributed by atoms with Crippen LogP contribution in [0.15, 0.2) is 0 Å². The number of thiol groups is 2. The molecule has 2 amide bonds. The Morgan fingerprint density at radius 3 is 2.17 bits per heavy atom. The monoisotopic (exact) mass is 396 g/mol. The van der Waals surface area contributed by atoms with Crippen LogP contribution < -0.4 is 10.6 Å². The van der Waals surface area contributed by atoms with Crippen LogP contribution in [0.5, 0.6) is 0 Å². The maximum Gasteiger partial charge on any atom is 0.226 e. The third-order valence-corrected chi connectivity index (χ3v) is 7.45. The molecule has 2 atom stereocenters. The number of amides is 2. The Kier molecular flexibility index (Phi) is 10.9. The lowest BCUT2D eigenvalue weighted by atomic mass is 9.86. The van der Waals surface area contributed by atoms with Crippen molar-refractivity contribution in [3.63, 3.8) is 0 Å². The van der Waals surface area contributed by atoms with E-state index in [1.54, 1.807) is 0 Å². The Morgan fingerprint density at radius 2 is 1.71 bits per heavy atom. The first-order chi connectivity index (χ1) is 10.9. The minimum Gasteiger partial charge on any atom is -0.355 e. The Labute approximate surface area is 160 Å². The van der Waals surface area contributed by atoms with Gasteiger partial charge in [0.15, 0.2) is 0 Å². The zero-order chi connectivity index (χ0) is 19.0. The molecule has 0 aliphatic heterocycles. The Balaban J connectivity index is 4.38. The van der Waals surface area contributed by atoms with Crippen molar-refractivity contribution in [1.29, 1.82) is 0 Å². The van der Waals surface area contributed by atoms with Crippen molar-refractivity contribution in [2.45, 2.75) is 59.6 Å². The van der Waals surface area contributed by atoms with E-state index in [1.807, 2.05) is 34.6 Å². The third kappa shape index (κ3) is 9.47. The van der Waals surface area contributed by atoms with E-state index in [1.165, 1.54) is 10.8 Å². The summed E-state index contributed by atoms with van der Waals surface area (Å²) >= 11 is 4.32. The Hall–Kier alpha value is -0.0100. The van der Waals surface area contributed by atoms with Gasteiger partial charge in [-0.2, -0.15) is 0 Å². The summed E-state index contributed by atoms with van der Waals surface area (Å²) in [4.78, 5) is 24.4. The first-order valence-electron chi connectivity index (χ1n) is 8.49. The van der Waals surface area contributed by atoms with Crippen molar-refractivity contribution in [2.75, 3.05) is 24.4 Å². The van der Waals surface area contributed by atoms with Gasteiger partial charge in [0.25, 0.3) is 0 Å². The largest absolute Gasteiger partial charge is 0.355 e. The van der Waals surface area contributed by atoms with Gasteiger partial charge in [-0.3, -0.25) is 9.59 Å². The van der Waals surface area contributed by atoms with Crippen LogP contribution in [0.4, 0.5) is 0 Å². The van der Waals surface area contributed by atoms with Gasteiger partial charge in [-0.1, -0.05) is 52.3 Å². The summed E-state index contributed by atoms with van der Waals surface area (Å²) in [5.41, 5.74) is -0.789. The summed E-state index contributed by atoms with van der Waals surface area (Å²) in [5, 5.41) is 6.26. The number of nitrogens with one attached hydrogen (secondary N) is 2. The van der Waals surface area contributed by atoms with E-state index >= 15 is 0 Å². The highest BCUT2D eigenvalue weighted by molar-refractivity contribution is 8.68. The van der Waals surface area contributed by atoms with Crippen molar-refractivity contribution < 1.29 is 9.59 Å². The summed E-state index contributed by atoms with van der Waals surface area (Å²) in [7, 11) is 1.35. The summed E-state index contributed by atoms with van der Waals surface area (Å²) in [6, 6.07) is 0. The van der Waals surface area contributed by atoms with Crippen LogP contribution in [-0.2, 0) is 9.59 Å². The second kappa shape index (κ2) is 10.9. The van der Waals surface area contributed by atoms with Crippen molar-refractivity contribution in [1.82, 2.24) is 10.6 Å². The molecule has 0 spiro atoms. The quantitative estimate of drug-likeness (QED) is 0.337. The van der Waals surface area contributed by atoms with Gasteiger partial charge in [0, 0.05) is 28.5 Å². The first-order valence-corrected chi connectivity index (χ1v) is 12.6. The van der Waals surface area contributed by atoms with Gasteiger partial charge in [-0.05, 0) is 24.9 Å². The van der Waals surface area contributed by atoms with Crippen LogP contribution in [0.3, 0.4) is 0 Å². The molecule has 0 aromatic carbocycles. The second-order valence-electron chi connectivity index (χ2n) is 7.95. The van der Waals surface area contributed by atoms with E-state index in [9.17, 15) is 9.59 Å². The van der Waals surface area contributed by atoms with Crippen LogP contribution in [0.1, 0.15) is 54.4 Å². The average molecular weight is 397 g/mol. The van der Waals surface area contributed by atoms with Gasteiger partial charge in [-0.15, -0.1) is 11.7 Å². The topological polar surface area (TPSA) is 58.2 Å². The molecule has 0 aromatic rings. The molecule has 0 aromatic heterocycles. The predicted octanol–water partition coefficient (Wildman–Crippen LogP) is 3.63. The fourth-order valence-corrected chi connectivity index (χ4v) is 3.42. The van der Waals surface area contributed by atoms with E-state index in [0.717, 1.165) is 24.5 Å². The predicted molar refractivity (Wildman–Crippen MR) is 114 cm³/mol. The van der Waals surface area contributed by atoms with Gasteiger partial charge in [-0.25, -0.2) is 10.9 Å². The van der Waals surface area contributed by atoms with Crippen molar-refractivity contribution in [3.05, 3.63) is 0 Å². The zero-order valence-corrected chi connectivity index (χ0v) is 18.8. The van der Waals surface area contributed by atoms with Gasteiger partial charge in [0.2, 0.25) is 11.8 Å². The normalized spacial score (nSPS) is 15.6. The molecule has 4 nitrogen and oxygen atoms in total. The number of hydrogen-bond donors (Lipinski definition) is 4. The molecular formula is C17H36N2O2S3. The molecule has 2 N–H and O–H groups in total. The first kappa shape index (κ1) is 24.0. The van der Waals surface area contributed by atoms with Crippen LogP contribution >= 0.6 is 33.3 Å². The molecule has 24 heavy (non-hydrogen) atoms. The Bertz CT molecular complexity index is 409. The van der Waals surface area contributed by atoms with Crippen molar-refractivity contribution >= 4 is 45.2 Å². The fraction of sp³-hybridized carbons (Fsp3) is 0.882. The third-order valence-electron chi connectivity index (χ3n) is 4.08. The molecule has 0 heterocycles. The molecular weight excluding hydrogens is 360 g/mol. The molecule has 7 heteroatoms. The molecule has 0 bridgehead atoms. The maximum absolute atomic E-state index is 12.4. The van der Waals surface area contributed by atoms with Crippen molar-refractivity contribution in [3.8, 4) is 0 Å². The smallest absolute Gasteiger partial charge is 0.226 e. The van der Waals surface area contributed by atoms with Crippen LogP contribution in [0.25, 0.3) is 0 Å². The van der Waals surface area contributed by atoms with Gasteiger partial charge >= 0.3 is 0 Å². The highest BCUT2D eigenvalue weighted by Gasteiger charge is 2.29. The molecule has 0 radical (unpaired) electrons. The SMILES string of the molecule is CC[SH](C)CNC(=O)C(C)(C)CC[C@H](CNC(=O)C(C)(C)C)SS. The number of carbonyl (C=O) groups excluding carboxylic acids is 2. The highest BCUT2D eigenvalue weighted by Crippen LogP contribution is 2.29. The summed E-state index contributed by atoms with van der Waals surface area (Å²) in [5.74, 6) is 2.08. The van der Waals surface area contributed by atoms with Crippen LogP contribution in [0, 0.1) is 10.8 Å². The highest BCUT2D eigenvalue weighted by atomic mass is 33.1. The lowest BCUT2D eigenvalue weighted by Crippen LogP contribution is -2.40. The summed E-state index contributed by atoms with van der Waals surface area (Å²) < 4.78 is 0. The van der Waals surface area contributed by atoms with Crippen LogP contribution in [0.2, 0.25) is 0 Å². The van der Waals surface area contributed by atoms with Crippen LogP contribution in [-0.4, -0.2) is 41.5 Å². The molecule has 0 rings (SSSR count). The second-order valence-corrected chi connectivity index (χ2v) is 12.1. The molecule has 0 saturated carbocycles. The molecule has 0 saturated heterocycles. The fourth-order valence-electron chi connectivity index (χ4n) is 1.86. The van der Waals surface area contributed by atoms with E-state index in [4.69, 9.17) is 0 Å². The van der Waals surface area contributed by atoms with E-state index in [0.29, 0.717) is 6.54 Å². The molecule has 144 valence electrons. The molecule has 0 aliphatic rings. The lowest BCUT2D eigenvalue weighted by Gasteiger charge is -2.27. The zero-order valence-electron chi connectivity index (χ0n) is 16.2.